The predicted octanol–water partition coefficient (Wildman–Crippen LogP) is 3.61. The van der Waals surface area contributed by atoms with Crippen LogP contribution in [0.1, 0.15) is 59.2 Å². The van der Waals surface area contributed by atoms with Gasteiger partial charge in [-0.05, 0) is 55.9 Å². The topological polar surface area (TPSA) is 177 Å². The number of anilines is 2. The second-order valence-electron chi connectivity index (χ2n) is 11.3. The fourth-order valence-electron chi connectivity index (χ4n) is 6.22. The Hall–Kier alpha value is -5.40. The minimum absolute atomic E-state index is 0.00801. The molecular weight excluding hydrogens is 579 g/mol. The zero-order valence-electron chi connectivity index (χ0n) is 24.7. The third-order valence-electron chi connectivity index (χ3n) is 8.61. The molecule has 232 valence electrons. The summed E-state index contributed by atoms with van der Waals surface area (Å²) < 4.78 is 20.1. The number of nitrogens with two attached hydrogens (primary N) is 1. The first-order valence-corrected chi connectivity index (χ1v) is 14.6. The molecule has 0 radical (unpaired) electrons. The summed E-state index contributed by atoms with van der Waals surface area (Å²) >= 11 is 0. The van der Waals surface area contributed by atoms with Crippen molar-refractivity contribution in [2.45, 2.75) is 50.2 Å². The fraction of sp³-hybridized carbons (Fsp3) is 0.323. The lowest BCUT2D eigenvalue weighted by molar-refractivity contribution is -0.00897. The van der Waals surface area contributed by atoms with Crippen LogP contribution in [0.2, 0.25) is 0 Å². The molecule has 1 aliphatic heterocycles. The first kappa shape index (κ1) is 29.7. The van der Waals surface area contributed by atoms with Crippen molar-refractivity contribution in [1.82, 2.24) is 34.9 Å². The summed E-state index contributed by atoms with van der Waals surface area (Å²) in [6.45, 7) is 0.857. The molecule has 5 N–H and O–H groups in total. The molecule has 2 amide bonds. The molecule has 13 nitrogen and oxygen atoms in total. The average Bonchev–Trinajstić information content (AvgIpc) is 3.59. The molecule has 1 saturated heterocycles. The summed E-state index contributed by atoms with van der Waals surface area (Å²) in [7, 11) is 1.42. The van der Waals surface area contributed by atoms with E-state index < -0.39 is 11.7 Å². The molecule has 45 heavy (non-hydrogen) atoms. The van der Waals surface area contributed by atoms with Crippen LogP contribution in [-0.4, -0.2) is 72.5 Å². The summed E-state index contributed by atoms with van der Waals surface area (Å²) in [5.74, 6) is -0.0876. The third kappa shape index (κ3) is 5.90. The van der Waals surface area contributed by atoms with Gasteiger partial charge in [-0.3, -0.25) is 10.2 Å². The number of likely N-dealkylation sites (tertiary alicyclic amines) is 1. The molecule has 2 atom stereocenters. The van der Waals surface area contributed by atoms with Gasteiger partial charge >= 0.3 is 6.03 Å². The van der Waals surface area contributed by atoms with Crippen molar-refractivity contribution in [3.8, 4) is 5.75 Å². The van der Waals surface area contributed by atoms with Gasteiger partial charge in [0, 0.05) is 30.2 Å². The normalized spacial score (nSPS) is 19.1. The first-order valence-electron chi connectivity index (χ1n) is 14.6. The van der Waals surface area contributed by atoms with Crippen LogP contribution in [0.4, 0.5) is 20.8 Å². The van der Waals surface area contributed by atoms with Crippen LogP contribution in [-0.2, 0) is 6.54 Å². The van der Waals surface area contributed by atoms with Crippen molar-refractivity contribution in [3.63, 3.8) is 0 Å². The van der Waals surface area contributed by atoms with Crippen molar-refractivity contribution in [2.24, 2.45) is 0 Å². The van der Waals surface area contributed by atoms with Crippen molar-refractivity contribution in [3.05, 3.63) is 89.5 Å². The molecular formula is C31H33FN10O3. The van der Waals surface area contributed by atoms with E-state index in [-0.39, 0.29) is 47.0 Å². The Bertz CT molecular complexity index is 1730. The summed E-state index contributed by atoms with van der Waals surface area (Å²) in [6, 6.07) is 10.7. The monoisotopic (exact) mass is 612 g/mol. The van der Waals surface area contributed by atoms with E-state index in [0.29, 0.717) is 23.5 Å². The maximum Gasteiger partial charge on any atom is 0.346 e. The van der Waals surface area contributed by atoms with Gasteiger partial charge in [-0.15, -0.1) is 0 Å². The van der Waals surface area contributed by atoms with E-state index in [9.17, 15) is 14.0 Å². The molecule has 6 rings (SSSR count). The first-order chi connectivity index (χ1) is 21.8. The lowest BCUT2D eigenvalue weighted by Crippen LogP contribution is -2.65. The van der Waals surface area contributed by atoms with Crippen LogP contribution in [0.3, 0.4) is 0 Å². The number of benzene rings is 2. The van der Waals surface area contributed by atoms with Crippen molar-refractivity contribution in [1.29, 1.82) is 5.41 Å². The summed E-state index contributed by atoms with van der Waals surface area (Å²) in [6.07, 6.45) is 8.49. The smallest absolute Gasteiger partial charge is 0.346 e. The molecule has 2 aromatic heterocycles. The molecule has 2 fully saturated rings. The summed E-state index contributed by atoms with van der Waals surface area (Å²) in [4.78, 5) is 40.1. The van der Waals surface area contributed by atoms with Gasteiger partial charge < -0.3 is 26.0 Å². The van der Waals surface area contributed by atoms with Crippen molar-refractivity contribution in [2.75, 3.05) is 24.7 Å². The molecule has 14 heteroatoms. The van der Waals surface area contributed by atoms with Gasteiger partial charge in [0.25, 0.3) is 5.91 Å². The SMILES string of the molecule is COc1ccc(F)cc1C(=O)NCc1ccc(C(=N)c2c(N)ncnc2NC2CCCC3(CCN3C(=O)n3cncn3)C2)cc1. The quantitative estimate of drug-likeness (QED) is 0.217. The Kier molecular flexibility index (Phi) is 8.11. The van der Waals surface area contributed by atoms with Crippen molar-refractivity contribution < 1.29 is 18.7 Å². The van der Waals surface area contributed by atoms with Gasteiger partial charge in [0.15, 0.2) is 0 Å². The van der Waals surface area contributed by atoms with Crippen LogP contribution < -0.4 is 21.1 Å². The Morgan fingerprint density at radius 2 is 1.98 bits per heavy atom. The van der Waals surface area contributed by atoms with Crippen LogP contribution >= 0.6 is 0 Å². The fourth-order valence-corrected chi connectivity index (χ4v) is 6.22. The third-order valence-corrected chi connectivity index (χ3v) is 8.61. The molecule has 1 aliphatic carbocycles. The van der Waals surface area contributed by atoms with Crippen LogP contribution in [0.15, 0.2) is 61.4 Å². The number of nitrogens with zero attached hydrogens (tertiary/aromatic N) is 6. The summed E-state index contributed by atoms with van der Waals surface area (Å²) in [5, 5.41) is 19.3. The van der Waals surface area contributed by atoms with Gasteiger partial charge in [-0.25, -0.2) is 24.1 Å². The highest BCUT2D eigenvalue weighted by atomic mass is 19.1. The minimum Gasteiger partial charge on any atom is -0.496 e. The second-order valence-corrected chi connectivity index (χ2v) is 11.3. The van der Waals surface area contributed by atoms with Crippen LogP contribution in [0, 0.1) is 11.2 Å². The minimum atomic E-state index is -0.534. The van der Waals surface area contributed by atoms with E-state index in [1.807, 2.05) is 4.90 Å². The van der Waals surface area contributed by atoms with E-state index in [1.165, 1.54) is 42.9 Å². The average molecular weight is 613 g/mol. The number of hydrogen-bond donors (Lipinski definition) is 4. The van der Waals surface area contributed by atoms with Gasteiger partial charge in [0.05, 0.1) is 23.9 Å². The number of halogens is 1. The van der Waals surface area contributed by atoms with E-state index in [4.69, 9.17) is 15.9 Å². The Morgan fingerprint density at radius 3 is 2.69 bits per heavy atom. The molecule has 1 saturated carbocycles. The van der Waals surface area contributed by atoms with Crippen LogP contribution in [0.5, 0.6) is 5.75 Å². The molecule has 1 spiro atoms. The van der Waals surface area contributed by atoms with Gasteiger partial charge in [0.2, 0.25) is 0 Å². The summed E-state index contributed by atoms with van der Waals surface area (Å²) in [5.41, 5.74) is 8.03. The highest BCUT2D eigenvalue weighted by Gasteiger charge is 2.50. The number of methoxy groups -OCH3 is 1. The van der Waals surface area contributed by atoms with E-state index in [2.05, 4.69) is 30.7 Å². The number of nitrogens with one attached hydrogen (secondary N) is 3. The van der Waals surface area contributed by atoms with Gasteiger partial charge in [0.1, 0.15) is 42.2 Å². The number of ether oxygens (including phenoxy) is 1. The zero-order chi connectivity index (χ0) is 31.6. The molecule has 2 aromatic carbocycles. The van der Waals surface area contributed by atoms with Gasteiger partial charge in [-0.1, -0.05) is 24.3 Å². The molecule has 4 aromatic rings. The number of hydrogen-bond acceptors (Lipinski definition) is 10. The number of nitrogen functional groups attached to an aromatic ring is 1. The lowest BCUT2D eigenvalue weighted by atomic mass is 9.71. The second kappa shape index (κ2) is 12.3. The molecule has 0 bridgehead atoms. The number of rotatable bonds is 8. The molecule has 2 aliphatic rings. The highest BCUT2D eigenvalue weighted by molar-refractivity contribution is 6.16. The van der Waals surface area contributed by atoms with E-state index in [0.717, 1.165) is 43.7 Å². The maximum absolute atomic E-state index is 13.7. The number of carbonyl (C=O) groups excluding carboxylic acids is 2. The standard InChI is InChI=1S/C31H33FN10O3/c1-45-24-9-8-21(32)13-23(24)29(43)36-15-19-4-6-20(7-5-19)26(33)25-27(34)37-17-38-28(25)40-22-3-2-10-31(14-22)11-12-41(31)30(44)42-18-35-16-39-42/h4-9,13,16-18,22,33H,2-3,10-12,14-15H2,1H3,(H,36,43)(H3,34,37,38,40). The largest absolute Gasteiger partial charge is 0.496 e. The highest BCUT2D eigenvalue weighted by Crippen LogP contribution is 2.44. The number of amides is 2. The number of carbonyl (C=O) groups is 2. The van der Waals surface area contributed by atoms with Crippen LogP contribution in [0.25, 0.3) is 0 Å². The Labute approximate surface area is 258 Å². The van der Waals surface area contributed by atoms with Crippen molar-refractivity contribution >= 4 is 29.3 Å². The Morgan fingerprint density at radius 1 is 1.16 bits per heavy atom. The number of aromatic nitrogens is 5. The van der Waals surface area contributed by atoms with E-state index in [1.54, 1.807) is 24.3 Å². The zero-order valence-corrected chi connectivity index (χ0v) is 24.7. The lowest BCUT2D eigenvalue weighted by Gasteiger charge is -2.56. The molecule has 2 unspecified atom stereocenters. The van der Waals surface area contributed by atoms with E-state index >= 15 is 0 Å². The predicted molar refractivity (Wildman–Crippen MR) is 164 cm³/mol. The molecule has 3 heterocycles. The Balaban J connectivity index is 1.13. The van der Waals surface area contributed by atoms with Gasteiger partial charge in [-0.2, -0.15) is 9.78 Å². The maximum atomic E-state index is 13.7.